The first-order valence-electron chi connectivity index (χ1n) is 11.7. The van der Waals surface area contributed by atoms with Crippen molar-refractivity contribution in [3.63, 3.8) is 0 Å². The van der Waals surface area contributed by atoms with Crippen molar-refractivity contribution in [2.24, 2.45) is 5.41 Å². The Morgan fingerprint density at radius 1 is 1.19 bits per heavy atom. The predicted molar refractivity (Wildman–Crippen MR) is 114 cm³/mol. The van der Waals surface area contributed by atoms with Gasteiger partial charge in [0.2, 0.25) is 0 Å². The van der Waals surface area contributed by atoms with Crippen molar-refractivity contribution >= 4 is 16.1 Å². The number of nitrogens with one attached hydrogen (secondary N) is 1. The fraction of sp³-hybridized carbons (Fsp3) is 0.810. The molecule has 0 saturated carbocycles. The summed E-state index contributed by atoms with van der Waals surface area (Å²) in [6.45, 7) is 4.42. The van der Waals surface area contributed by atoms with Crippen molar-refractivity contribution in [2.45, 2.75) is 56.1 Å². The van der Waals surface area contributed by atoms with Crippen LogP contribution in [0.2, 0.25) is 0 Å². The number of fused-ring (bicyclic) bond motifs is 2. The van der Waals surface area contributed by atoms with Gasteiger partial charge in [-0.2, -0.15) is 17.0 Å². The standard InChI is InChI=1S/C21H31N5O5S/c1-24-11-21(12-24)4-5-25(13-21)32(28,29)26-16-2-3-17(26)7-15(6-16)22-20(27)18-8-19(31-23-18)14-9-30-10-14/h8,14-17H,2-7,9-13H2,1H3,(H,22,27)/t15?,16-,17+. The molecule has 6 rings (SSSR count). The van der Waals surface area contributed by atoms with Crippen LogP contribution in [0.5, 0.6) is 0 Å². The van der Waals surface area contributed by atoms with E-state index in [1.165, 1.54) is 0 Å². The van der Waals surface area contributed by atoms with Crippen molar-refractivity contribution in [1.82, 2.24) is 24.0 Å². The number of piperidine rings is 1. The maximum absolute atomic E-state index is 13.5. The molecule has 1 aromatic rings. The van der Waals surface area contributed by atoms with Crippen LogP contribution in [0, 0.1) is 5.41 Å². The average Bonchev–Trinajstić information content (AvgIpc) is 3.38. The van der Waals surface area contributed by atoms with Gasteiger partial charge in [0.25, 0.3) is 16.1 Å². The second-order valence-corrected chi connectivity index (χ2v) is 12.3. The van der Waals surface area contributed by atoms with Crippen LogP contribution in [0.15, 0.2) is 10.6 Å². The SMILES string of the molecule is CN1CC2(CCN(S(=O)(=O)N3[C@@H]4CC[C@H]3CC(NC(=O)c3cc(C5COC5)on3)C4)C2)C1. The third-order valence-electron chi connectivity index (χ3n) is 8.01. The van der Waals surface area contributed by atoms with Crippen LogP contribution in [0.1, 0.15) is 54.3 Å². The Morgan fingerprint density at radius 2 is 1.91 bits per heavy atom. The Kier molecular flexibility index (Phi) is 4.92. The van der Waals surface area contributed by atoms with Crippen LogP contribution < -0.4 is 5.32 Å². The molecule has 1 aromatic heterocycles. The number of ether oxygens (including phenoxy) is 1. The van der Waals surface area contributed by atoms with Crippen molar-refractivity contribution in [2.75, 3.05) is 46.4 Å². The van der Waals surface area contributed by atoms with Gasteiger partial charge in [0.15, 0.2) is 5.69 Å². The first-order valence-corrected chi connectivity index (χ1v) is 13.1. The minimum Gasteiger partial charge on any atom is -0.380 e. The molecule has 11 heteroatoms. The second-order valence-electron chi connectivity index (χ2n) is 10.5. The van der Waals surface area contributed by atoms with Crippen LogP contribution in [0.3, 0.4) is 0 Å². The number of amides is 1. The van der Waals surface area contributed by atoms with E-state index in [9.17, 15) is 13.2 Å². The molecule has 1 amide bonds. The Morgan fingerprint density at radius 3 is 2.53 bits per heavy atom. The molecule has 2 bridgehead atoms. The smallest absolute Gasteiger partial charge is 0.282 e. The number of likely N-dealkylation sites (tertiary alicyclic amines) is 1. The fourth-order valence-corrected chi connectivity index (χ4v) is 8.62. The van der Waals surface area contributed by atoms with Crippen molar-refractivity contribution in [1.29, 1.82) is 0 Å². The maximum atomic E-state index is 13.5. The molecular formula is C21H31N5O5S. The number of nitrogens with zero attached hydrogens (tertiary/aromatic N) is 4. The van der Waals surface area contributed by atoms with Gasteiger partial charge >= 0.3 is 0 Å². The lowest BCUT2D eigenvalue weighted by molar-refractivity contribution is -0.00228. The van der Waals surface area contributed by atoms with Crippen molar-refractivity contribution in [3.8, 4) is 0 Å². The van der Waals surface area contributed by atoms with Crippen molar-refractivity contribution < 1.29 is 22.5 Å². The molecule has 3 atom stereocenters. The van der Waals surface area contributed by atoms with Crippen LogP contribution >= 0.6 is 0 Å². The molecule has 5 fully saturated rings. The second kappa shape index (κ2) is 7.49. The monoisotopic (exact) mass is 465 g/mol. The van der Waals surface area contributed by atoms with Crippen LogP contribution in [0.25, 0.3) is 0 Å². The molecule has 0 radical (unpaired) electrons. The summed E-state index contributed by atoms with van der Waals surface area (Å²) in [6.07, 6.45) is 3.95. The van der Waals surface area contributed by atoms with E-state index in [0.717, 1.165) is 32.4 Å². The van der Waals surface area contributed by atoms with Gasteiger partial charge in [0.1, 0.15) is 5.76 Å². The van der Waals surface area contributed by atoms with E-state index in [0.29, 0.717) is 44.9 Å². The number of rotatable bonds is 5. The van der Waals surface area contributed by atoms with E-state index in [1.54, 1.807) is 14.7 Å². The summed E-state index contributed by atoms with van der Waals surface area (Å²) in [6, 6.07) is 1.54. The van der Waals surface area contributed by atoms with E-state index in [4.69, 9.17) is 9.26 Å². The quantitative estimate of drug-likeness (QED) is 0.670. The molecule has 0 aliphatic carbocycles. The zero-order valence-corrected chi connectivity index (χ0v) is 19.2. The predicted octanol–water partition coefficient (Wildman–Crippen LogP) is 0.396. The zero-order chi connectivity index (χ0) is 22.1. The lowest BCUT2D eigenvalue weighted by atomic mass is 9.80. The lowest BCUT2D eigenvalue weighted by Crippen LogP contribution is -2.58. The summed E-state index contributed by atoms with van der Waals surface area (Å²) in [4.78, 5) is 15.0. The molecule has 1 unspecified atom stereocenters. The van der Waals surface area contributed by atoms with Crippen LogP contribution in [-0.4, -0.2) is 97.6 Å². The molecule has 0 aromatic carbocycles. The summed E-state index contributed by atoms with van der Waals surface area (Å²) in [7, 11) is -1.39. The van der Waals surface area contributed by atoms with E-state index >= 15 is 0 Å². The molecule has 32 heavy (non-hydrogen) atoms. The highest BCUT2D eigenvalue weighted by atomic mass is 32.2. The molecule has 1 N–H and O–H groups in total. The van der Waals surface area contributed by atoms with E-state index in [2.05, 4.69) is 22.4 Å². The Labute approximate surface area is 188 Å². The van der Waals surface area contributed by atoms with Gasteiger partial charge in [-0.05, 0) is 39.2 Å². The molecule has 10 nitrogen and oxygen atoms in total. The number of hydrogen-bond acceptors (Lipinski definition) is 7. The van der Waals surface area contributed by atoms with Gasteiger partial charge in [0.05, 0.1) is 19.1 Å². The largest absolute Gasteiger partial charge is 0.380 e. The lowest BCUT2D eigenvalue weighted by Gasteiger charge is -2.46. The molecule has 5 aliphatic heterocycles. The Bertz CT molecular complexity index is 988. The summed E-state index contributed by atoms with van der Waals surface area (Å²) in [5, 5.41) is 6.99. The van der Waals surface area contributed by atoms with E-state index in [1.807, 2.05) is 0 Å². The molecule has 5 aliphatic rings. The topological polar surface area (TPSA) is 108 Å². The minimum absolute atomic E-state index is 0.0512. The summed E-state index contributed by atoms with van der Waals surface area (Å²) < 4.78 is 41.0. The Hall–Kier alpha value is -1.53. The highest BCUT2D eigenvalue weighted by Crippen LogP contribution is 2.43. The molecule has 5 saturated heterocycles. The highest BCUT2D eigenvalue weighted by molar-refractivity contribution is 7.86. The van der Waals surface area contributed by atoms with Gasteiger partial charge in [-0.1, -0.05) is 5.16 Å². The van der Waals surface area contributed by atoms with Gasteiger partial charge in [-0.25, -0.2) is 0 Å². The number of aromatic nitrogens is 1. The zero-order valence-electron chi connectivity index (χ0n) is 18.4. The Balaban J connectivity index is 1.09. The van der Waals surface area contributed by atoms with Gasteiger partial charge < -0.3 is 19.5 Å². The van der Waals surface area contributed by atoms with Gasteiger partial charge in [0, 0.05) is 55.8 Å². The number of hydrogen-bond donors (Lipinski definition) is 1. The fourth-order valence-electron chi connectivity index (χ4n) is 6.46. The third-order valence-corrected chi connectivity index (χ3v) is 10.1. The van der Waals surface area contributed by atoms with Crippen LogP contribution in [0.4, 0.5) is 0 Å². The van der Waals surface area contributed by atoms with E-state index in [-0.39, 0.29) is 41.1 Å². The first-order chi connectivity index (χ1) is 15.3. The maximum Gasteiger partial charge on any atom is 0.282 e. The molecule has 1 spiro atoms. The highest BCUT2D eigenvalue weighted by Gasteiger charge is 2.54. The summed E-state index contributed by atoms with van der Waals surface area (Å²) in [5.41, 5.74) is 0.428. The first kappa shape index (κ1) is 21.0. The third kappa shape index (κ3) is 3.40. The van der Waals surface area contributed by atoms with Gasteiger partial charge in [-0.15, -0.1) is 0 Å². The number of carbonyl (C=O) groups excluding carboxylic acids is 1. The minimum atomic E-state index is -3.47. The van der Waals surface area contributed by atoms with E-state index < -0.39 is 10.2 Å². The number of carbonyl (C=O) groups is 1. The normalized spacial score (nSPS) is 33.3. The molecule has 176 valence electrons. The summed E-state index contributed by atoms with van der Waals surface area (Å²) in [5.74, 6) is 0.610. The van der Waals surface area contributed by atoms with Gasteiger partial charge in [-0.3, -0.25) is 4.79 Å². The van der Waals surface area contributed by atoms with Crippen LogP contribution in [-0.2, 0) is 14.9 Å². The summed E-state index contributed by atoms with van der Waals surface area (Å²) >= 11 is 0. The van der Waals surface area contributed by atoms with Crippen molar-refractivity contribution in [3.05, 3.63) is 17.5 Å². The molecule has 6 heterocycles. The average molecular weight is 466 g/mol. The molecular weight excluding hydrogens is 434 g/mol.